The fourth-order valence-corrected chi connectivity index (χ4v) is 1.90. The van der Waals surface area contributed by atoms with Gasteiger partial charge in [-0.1, -0.05) is 41.9 Å². The summed E-state index contributed by atoms with van der Waals surface area (Å²) in [5.74, 6) is -0.807. The van der Waals surface area contributed by atoms with Crippen LogP contribution in [0, 0.1) is 5.82 Å². The number of hydrogen-bond donors (Lipinski definition) is 0. The topological polar surface area (TPSA) is 26.3 Å². The van der Waals surface area contributed by atoms with Gasteiger partial charge in [0.25, 0.3) is 0 Å². The van der Waals surface area contributed by atoms with Crippen molar-refractivity contribution in [3.63, 3.8) is 0 Å². The normalized spacial score (nSPS) is 10.2. The number of halogens is 2. The largest absolute Gasteiger partial charge is 0.494 e. The Labute approximate surface area is 109 Å². The molecule has 0 radical (unpaired) electrons. The minimum Gasteiger partial charge on any atom is -0.494 e. The SMILES string of the molecule is COc1c(C(=O)c2ccccc2)ccc(F)c1Cl. The van der Waals surface area contributed by atoms with Crippen molar-refractivity contribution >= 4 is 17.4 Å². The molecule has 0 unspecified atom stereocenters. The van der Waals surface area contributed by atoms with Crippen molar-refractivity contribution < 1.29 is 13.9 Å². The molecule has 0 aliphatic heterocycles. The first-order valence-electron chi connectivity index (χ1n) is 5.27. The van der Waals surface area contributed by atoms with Gasteiger partial charge in [0.1, 0.15) is 10.8 Å². The van der Waals surface area contributed by atoms with E-state index in [-0.39, 0.29) is 22.1 Å². The minimum atomic E-state index is -0.613. The van der Waals surface area contributed by atoms with Gasteiger partial charge in [0.05, 0.1) is 12.7 Å². The zero-order valence-corrected chi connectivity index (χ0v) is 10.4. The van der Waals surface area contributed by atoms with Crippen LogP contribution >= 0.6 is 11.6 Å². The number of rotatable bonds is 3. The minimum absolute atomic E-state index is 0.0607. The van der Waals surface area contributed by atoms with Gasteiger partial charge in [0.2, 0.25) is 0 Å². The Hall–Kier alpha value is -1.87. The lowest BCUT2D eigenvalue weighted by Gasteiger charge is -2.09. The molecule has 18 heavy (non-hydrogen) atoms. The highest BCUT2D eigenvalue weighted by Crippen LogP contribution is 2.32. The van der Waals surface area contributed by atoms with E-state index in [0.717, 1.165) is 6.07 Å². The van der Waals surface area contributed by atoms with Gasteiger partial charge in [-0.2, -0.15) is 0 Å². The van der Waals surface area contributed by atoms with Crippen molar-refractivity contribution in [2.24, 2.45) is 0 Å². The lowest BCUT2D eigenvalue weighted by molar-refractivity contribution is 0.103. The predicted octanol–water partition coefficient (Wildman–Crippen LogP) is 3.72. The number of benzene rings is 2. The van der Waals surface area contributed by atoms with Gasteiger partial charge in [-0.15, -0.1) is 0 Å². The van der Waals surface area contributed by atoms with E-state index in [0.29, 0.717) is 5.56 Å². The number of methoxy groups -OCH3 is 1. The van der Waals surface area contributed by atoms with E-state index >= 15 is 0 Å². The van der Waals surface area contributed by atoms with Gasteiger partial charge in [0.15, 0.2) is 11.5 Å². The average Bonchev–Trinajstić information content (AvgIpc) is 2.42. The summed E-state index contributed by atoms with van der Waals surface area (Å²) < 4.78 is 18.3. The fraction of sp³-hybridized carbons (Fsp3) is 0.0714. The van der Waals surface area contributed by atoms with Crippen molar-refractivity contribution in [3.8, 4) is 5.75 Å². The van der Waals surface area contributed by atoms with E-state index in [9.17, 15) is 9.18 Å². The standard InChI is InChI=1S/C14H10ClFO2/c1-18-14-10(7-8-11(16)12(14)15)13(17)9-5-3-2-4-6-9/h2-8H,1H3. The molecule has 0 aliphatic carbocycles. The van der Waals surface area contributed by atoms with Crippen LogP contribution in [0.2, 0.25) is 5.02 Å². The quantitative estimate of drug-likeness (QED) is 0.790. The second kappa shape index (κ2) is 5.19. The van der Waals surface area contributed by atoms with Gasteiger partial charge in [-0.3, -0.25) is 4.79 Å². The summed E-state index contributed by atoms with van der Waals surface area (Å²) in [5, 5.41) is -0.181. The zero-order chi connectivity index (χ0) is 13.1. The molecule has 0 aliphatic rings. The maximum atomic E-state index is 13.3. The lowest BCUT2D eigenvalue weighted by Crippen LogP contribution is -2.05. The van der Waals surface area contributed by atoms with Gasteiger partial charge in [0, 0.05) is 5.56 Å². The van der Waals surface area contributed by atoms with E-state index in [1.165, 1.54) is 13.2 Å². The monoisotopic (exact) mass is 264 g/mol. The smallest absolute Gasteiger partial charge is 0.196 e. The van der Waals surface area contributed by atoms with E-state index in [1.54, 1.807) is 24.3 Å². The van der Waals surface area contributed by atoms with Crippen molar-refractivity contribution in [2.75, 3.05) is 7.11 Å². The highest BCUT2D eigenvalue weighted by Gasteiger charge is 2.19. The van der Waals surface area contributed by atoms with Gasteiger partial charge in [-0.25, -0.2) is 4.39 Å². The molecule has 0 saturated heterocycles. The molecule has 0 bridgehead atoms. The second-order valence-electron chi connectivity index (χ2n) is 3.64. The molecule has 2 nitrogen and oxygen atoms in total. The number of ketones is 1. The van der Waals surface area contributed by atoms with Crippen LogP contribution in [0.5, 0.6) is 5.75 Å². The molecule has 2 rings (SSSR count). The number of carbonyl (C=O) groups excluding carboxylic acids is 1. The van der Waals surface area contributed by atoms with Crippen LogP contribution in [0.25, 0.3) is 0 Å². The van der Waals surface area contributed by atoms with E-state index in [2.05, 4.69) is 0 Å². The molecular weight excluding hydrogens is 255 g/mol. The number of hydrogen-bond acceptors (Lipinski definition) is 2. The Balaban J connectivity index is 2.52. The third-order valence-corrected chi connectivity index (χ3v) is 2.89. The van der Waals surface area contributed by atoms with Crippen LogP contribution in [-0.2, 0) is 0 Å². The Bertz CT molecular complexity index is 582. The molecule has 4 heteroatoms. The van der Waals surface area contributed by atoms with E-state index < -0.39 is 5.82 Å². The first-order valence-corrected chi connectivity index (χ1v) is 5.64. The van der Waals surface area contributed by atoms with E-state index in [1.807, 2.05) is 6.07 Å². The average molecular weight is 265 g/mol. The summed E-state index contributed by atoms with van der Waals surface area (Å²) in [7, 11) is 1.35. The van der Waals surface area contributed by atoms with Crippen LogP contribution in [0.4, 0.5) is 4.39 Å². The molecule has 0 fully saturated rings. The maximum absolute atomic E-state index is 13.3. The third-order valence-electron chi connectivity index (χ3n) is 2.53. The predicted molar refractivity (Wildman–Crippen MR) is 67.8 cm³/mol. The zero-order valence-electron chi connectivity index (χ0n) is 9.61. The Morgan fingerprint density at radius 3 is 2.44 bits per heavy atom. The van der Waals surface area contributed by atoms with Crippen molar-refractivity contribution in [3.05, 3.63) is 64.4 Å². The Morgan fingerprint density at radius 1 is 1.17 bits per heavy atom. The van der Waals surface area contributed by atoms with Crippen molar-refractivity contribution in [2.45, 2.75) is 0 Å². The summed E-state index contributed by atoms with van der Waals surface area (Å²) in [4.78, 5) is 12.2. The Kier molecular flexibility index (Phi) is 3.63. The van der Waals surface area contributed by atoms with Crippen LogP contribution < -0.4 is 4.74 Å². The second-order valence-corrected chi connectivity index (χ2v) is 4.02. The van der Waals surface area contributed by atoms with Gasteiger partial charge >= 0.3 is 0 Å². The summed E-state index contributed by atoms with van der Waals surface area (Å²) in [6.07, 6.45) is 0. The summed E-state index contributed by atoms with van der Waals surface area (Å²) in [5.41, 5.74) is 0.744. The van der Waals surface area contributed by atoms with Gasteiger partial charge in [-0.05, 0) is 12.1 Å². The van der Waals surface area contributed by atoms with Crippen molar-refractivity contribution in [1.82, 2.24) is 0 Å². The third kappa shape index (κ3) is 2.22. The molecule has 0 heterocycles. The highest BCUT2D eigenvalue weighted by molar-refractivity contribution is 6.33. The molecule has 0 aromatic heterocycles. The number of ether oxygens (including phenoxy) is 1. The molecule has 0 N–H and O–H groups in total. The molecule has 92 valence electrons. The first-order chi connectivity index (χ1) is 8.65. The van der Waals surface area contributed by atoms with Crippen molar-refractivity contribution in [1.29, 1.82) is 0 Å². The van der Waals surface area contributed by atoms with Crippen LogP contribution in [0.1, 0.15) is 15.9 Å². The highest BCUT2D eigenvalue weighted by atomic mass is 35.5. The van der Waals surface area contributed by atoms with Gasteiger partial charge < -0.3 is 4.74 Å². The molecular formula is C14H10ClFO2. The summed E-state index contributed by atoms with van der Waals surface area (Å²) in [6, 6.07) is 11.2. The van der Waals surface area contributed by atoms with E-state index in [4.69, 9.17) is 16.3 Å². The fourth-order valence-electron chi connectivity index (χ4n) is 1.66. The van der Waals surface area contributed by atoms with Crippen LogP contribution in [-0.4, -0.2) is 12.9 Å². The van der Waals surface area contributed by atoms with Crippen LogP contribution in [0.15, 0.2) is 42.5 Å². The first kappa shape index (κ1) is 12.6. The summed E-state index contributed by atoms with van der Waals surface area (Å²) in [6.45, 7) is 0. The van der Waals surface area contributed by atoms with Crippen LogP contribution in [0.3, 0.4) is 0 Å². The molecule has 0 saturated carbocycles. The maximum Gasteiger partial charge on any atom is 0.196 e. The lowest BCUT2D eigenvalue weighted by atomic mass is 10.0. The molecule has 0 amide bonds. The Morgan fingerprint density at radius 2 is 1.83 bits per heavy atom. The molecule has 2 aromatic carbocycles. The molecule has 0 spiro atoms. The summed E-state index contributed by atoms with van der Waals surface area (Å²) >= 11 is 5.78. The molecule has 2 aromatic rings. The number of carbonyl (C=O) groups is 1. The molecule has 0 atom stereocenters.